The van der Waals surface area contributed by atoms with Gasteiger partial charge in [-0.15, -0.1) is 0 Å². The first-order chi connectivity index (χ1) is 19.0. The van der Waals surface area contributed by atoms with Crippen LogP contribution in [0, 0.1) is 34.0 Å². The third kappa shape index (κ3) is 3.72. The number of ether oxygens (including phenoxy) is 1. The van der Waals surface area contributed by atoms with E-state index in [1.807, 2.05) is 50.8 Å². The van der Waals surface area contributed by atoms with Crippen molar-refractivity contribution in [1.29, 1.82) is 5.26 Å². The Balaban J connectivity index is 1.09. The topological polar surface area (TPSA) is 122 Å². The second-order valence-corrected chi connectivity index (χ2v) is 13.3. The molecule has 11 nitrogen and oxygen atoms in total. The molecule has 1 spiro atoms. The van der Waals surface area contributed by atoms with Gasteiger partial charge < -0.3 is 9.64 Å². The number of nitriles is 1. The Hall–Kier alpha value is -3.94. The Morgan fingerprint density at radius 1 is 1.18 bits per heavy atom. The summed E-state index contributed by atoms with van der Waals surface area (Å²) in [5.74, 6) is 0.452. The maximum atomic E-state index is 13.7. The minimum absolute atomic E-state index is 0.0719. The fourth-order valence-corrected chi connectivity index (χ4v) is 7.00. The Kier molecular flexibility index (Phi) is 5.19. The minimum atomic E-state index is -0.972. The number of hydrogen-bond donors (Lipinski definition) is 0. The molecule has 5 heterocycles. The lowest BCUT2D eigenvalue weighted by atomic mass is 9.61. The zero-order valence-electron chi connectivity index (χ0n) is 23.4. The van der Waals surface area contributed by atoms with Crippen molar-refractivity contribution < 1.29 is 14.3 Å². The summed E-state index contributed by atoms with van der Waals surface area (Å²) in [6, 6.07) is 4.52. The molecule has 208 valence electrons. The Morgan fingerprint density at radius 2 is 1.93 bits per heavy atom. The van der Waals surface area contributed by atoms with E-state index in [1.165, 1.54) is 0 Å². The van der Waals surface area contributed by atoms with E-state index in [9.17, 15) is 14.9 Å². The van der Waals surface area contributed by atoms with Gasteiger partial charge in [0.15, 0.2) is 5.82 Å². The van der Waals surface area contributed by atoms with E-state index in [-0.39, 0.29) is 35.3 Å². The molecule has 2 saturated carbocycles. The molecule has 3 aromatic heterocycles. The van der Waals surface area contributed by atoms with E-state index < -0.39 is 11.0 Å². The number of likely N-dealkylation sites (tertiary alicyclic amines) is 1. The molecule has 4 aliphatic rings. The zero-order chi connectivity index (χ0) is 28.0. The Bertz CT molecular complexity index is 1560. The largest absolute Gasteiger partial charge is 0.444 e. The fourth-order valence-electron chi connectivity index (χ4n) is 7.00. The summed E-state index contributed by atoms with van der Waals surface area (Å²) < 4.78 is 9.23. The highest BCUT2D eigenvalue weighted by atomic mass is 16.6. The molecule has 4 fully saturated rings. The van der Waals surface area contributed by atoms with Crippen molar-refractivity contribution in [2.75, 3.05) is 24.5 Å². The Morgan fingerprint density at radius 3 is 2.60 bits per heavy atom. The average Bonchev–Trinajstić information content (AvgIpc) is 3.28. The monoisotopic (exact) mass is 542 g/mol. The van der Waals surface area contributed by atoms with Crippen LogP contribution in [0.5, 0.6) is 0 Å². The highest BCUT2D eigenvalue weighted by molar-refractivity contribution is 6.04. The molecule has 3 aromatic rings. The van der Waals surface area contributed by atoms with Gasteiger partial charge in [0.2, 0.25) is 5.91 Å². The van der Waals surface area contributed by atoms with Crippen molar-refractivity contribution >= 4 is 23.3 Å². The molecule has 2 amide bonds. The molecule has 11 heteroatoms. The number of carbonyl (C=O) groups is 2. The molecule has 2 aliphatic heterocycles. The molecule has 0 aromatic carbocycles. The molecule has 2 atom stereocenters. The van der Waals surface area contributed by atoms with Crippen LogP contribution in [0.3, 0.4) is 0 Å². The van der Waals surface area contributed by atoms with Crippen LogP contribution in [-0.4, -0.2) is 66.5 Å². The van der Waals surface area contributed by atoms with Crippen LogP contribution in [0.4, 0.5) is 10.6 Å². The third-order valence-electron chi connectivity index (χ3n) is 9.18. The molecule has 2 aliphatic carbocycles. The lowest BCUT2D eigenvalue weighted by Gasteiger charge is -2.58. The van der Waals surface area contributed by atoms with Gasteiger partial charge in [-0.25, -0.2) is 14.3 Å². The molecule has 7 rings (SSSR count). The van der Waals surface area contributed by atoms with Crippen LogP contribution in [0.15, 0.2) is 30.9 Å². The molecule has 40 heavy (non-hydrogen) atoms. The van der Waals surface area contributed by atoms with Gasteiger partial charge in [-0.05, 0) is 58.4 Å². The number of fused-ring (bicyclic) bond motifs is 1. The van der Waals surface area contributed by atoms with Crippen molar-refractivity contribution in [1.82, 2.24) is 29.3 Å². The number of hydrogen-bond acceptors (Lipinski definition) is 7. The molecule has 0 radical (unpaired) electrons. The standard InChI is InChI=1S/C29H34N8O3/c1-18-12-35(25(38)29(18,15-30)20-5-6-20)24-23-7-8-31-37(23)14-22(33-24)19-11-32-36(13-19)21-9-28(10-21)16-34(17-28)26(39)40-27(2,3)4/h7-8,11,13-14,18,20-21H,5-6,9-10,12,16-17H2,1-4H3/t18-,29+/m1/s1. The van der Waals surface area contributed by atoms with Crippen LogP contribution in [-0.2, 0) is 9.53 Å². The van der Waals surface area contributed by atoms with E-state index in [2.05, 4.69) is 16.3 Å². The van der Waals surface area contributed by atoms with Crippen molar-refractivity contribution in [3.8, 4) is 17.3 Å². The predicted molar refractivity (Wildman–Crippen MR) is 145 cm³/mol. The summed E-state index contributed by atoms with van der Waals surface area (Å²) in [5.41, 5.74) is 0.942. The normalized spacial score (nSPS) is 26.2. The van der Waals surface area contributed by atoms with Crippen LogP contribution in [0.25, 0.3) is 16.8 Å². The van der Waals surface area contributed by atoms with Gasteiger partial charge >= 0.3 is 6.09 Å². The van der Waals surface area contributed by atoms with E-state index in [0.29, 0.717) is 18.1 Å². The number of rotatable bonds is 4. The van der Waals surface area contributed by atoms with Crippen molar-refractivity contribution in [2.45, 2.75) is 65.0 Å². The van der Waals surface area contributed by atoms with Crippen LogP contribution in [0.1, 0.15) is 59.4 Å². The molecular weight excluding hydrogens is 508 g/mol. The quantitative estimate of drug-likeness (QED) is 0.487. The predicted octanol–water partition coefficient (Wildman–Crippen LogP) is 4.07. The number of aromatic nitrogens is 5. The average molecular weight is 543 g/mol. The van der Waals surface area contributed by atoms with Gasteiger partial charge in [-0.2, -0.15) is 15.5 Å². The van der Waals surface area contributed by atoms with Gasteiger partial charge in [0.1, 0.15) is 16.5 Å². The summed E-state index contributed by atoms with van der Waals surface area (Å²) in [5, 5.41) is 19.2. The van der Waals surface area contributed by atoms with Crippen LogP contribution < -0.4 is 4.90 Å². The fraction of sp³-hybridized carbons (Fsp3) is 0.586. The number of anilines is 1. The lowest BCUT2D eigenvalue weighted by molar-refractivity contribution is -0.124. The third-order valence-corrected chi connectivity index (χ3v) is 9.18. The van der Waals surface area contributed by atoms with E-state index in [4.69, 9.17) is 9.72 Å². The van der Waals surface area contributed by atoms with E-state index in [0.717, 1.165) is 49.9 Å². The first-order valence-corrected chi connectivity index (χ1v) is 14.1. The van der Waals surface area contributed by atoms with E-state index >= 15 is 0 Å². The Labute approximate surface area is 232 Å². The smallest absolute Gasteiger partial charge is 0.410 e. The summed E-state index contributed by atoms with van der Waals surface area (Å²) >= 11 is 0. The summed E-state index contributed by atoms with van der Waals surface area (Å²) in [6.07, 6.45) is 10.9. The van der Waals surface area contributed by atoms with Crippen molar-refractivity contribution in [2.24, 2.45) is 22.7 Å². The van der Waals surface area contributed by atoms with Gasteiger partial charge in [0, 0.05) is 42.7 Å². The minimum Gasteiger partial charge on any atom is -0.444 e. The molecule has 2 saturated heterocycles. The van der Waals surface area contributed by atoms with Gasteiger partial charge in [-0.3, -0.25) is 14.4 Å². The highest BCUT2D eigenvalue weighted by Gasteiger charge is 2.61. The first kappa shape index (κ1) is 25.1. The maximum absolute atomic E-state index is 13.7. The second kappa shape index (κ2) is 8.29. The zero-order valence-corrected chi connectivity index (χ0v) is 23.4. The van der Waals surface area contributed by atoms with E-state index in [1.54, 1.807) is 26.7 Å². The SMILES string of the molecule is C[C@@H]1CN(c2nc(-c3cnn(C4CC5(C4)CN(C(=O)OC(C)(C)C)C5)c3)cn3nccc23)C(=O)[C@]1(C#N)C1CC1. The number of nitrogens with zero attached hydrogens (tertiary/aromatic N) is 8. The first-order valence-electron chi connectivity index (χ1n) is 14.1. The summed E-state index contributed by atoms with van der Waals surface area (Å²) in [4.78, 5) is 34.5. The highest BCUT2D eigenvalue weighted by Crippen LogP contribution is 2.55. The molecule has 0 unspecified atom stereocenters. The molecule has 0 N–H and O–H groups in total. The van der Waals surface area contributed by atoms with Crippen molar-refractivity contribution in [3.63, 3.8) is 0 Å². The van der Waals surface area contributed by atoms with Gasteiger partial charge in [-0.1, -0.05) is 6.92 Å². The summed E-state index contributed by atoms with van der Waals surface area (Å²) in [6.45, 7) is 9.56. The van der Waals surface area contributed by atoms with Gasteiger partial charge in [0.05, 0.1) is 36.4 Å². The summed E-state index contributed by atoms with van der Waals surface area (Å²) in [7, 11) is 0. The van der Waals surface area contributed by atoms with Gasteiger partial charge in [0.25, 0.3) is 0 Å². The molecular formula is C29H34N8O3. The number of amides is 2. The molecule has 0 bridgehead atoms. The lowest BCUT2D eigenvalue weighted by Crippen LogP contribution is -2.64. The van der Waals surface area contributed by atoms with Crippen LogP contribution >= 0.6 is 0 Å². The maximum Gasteiger partial charge on any atom is 0.410 e. The second-order valence-electron chi connectivity index (χ2n) is 13.3. The number of carbonyl (C=O) groups excluding carboxylic acids is 2. The van der Waals surface area contributed by atoms with Crippen molar-refractivity contribution in [3.05, 3.63) is 30.9 Å². The van der Waals surface area contributed by atoms with Crippen LogP contribution in [0.2, 0.25) is 0 Å².